The SMILES string of the molecule is C=CCC(NCCC)c1ccc(OC)c(C)c1. The molecule has 0 aromatic heterocycles. The average molecular weight is 233 g/mol. The van der Waals surface area contributed by atoms with Crippen molar-refractivity contribution in [3.8, 4) is 5.75 Å². The van der Waals surface area contributed by atoms with Crippen LogP contribution in [0.25, 0.3) is 0 Å². The number of aryl methyl sites for hydroxylation is 1. The summed E-state index contributed by atoms with van der Waals surface area (Å²) in [6.07, 6.45) is 4.06. The third kappa shape index (κ3) is 3.90. The van der Waals surface area contributed by atoms with Crippen molar-refractivity contribution in [2.24, 2.45) is 0 Å². The molecule has 1 aromatic carbocycles. The number of ether oxygens (including phenoxy) is 1. The molecule has 17 heavy (non-hydrogen) atoms. The maximum absolute atomic E-state index is 5.28. The van der Waals surface area contributed by atoms with E-state index in [4.69, 9.17) is 4.74 Å². The molecule has 94 valence electrons. The minimum atomic E-state index is 0.358. The Morgan fingerprint density at radius 1 is 1.47 bits per heavy atom. The summed E-state index contributed by atoms with van der Waals surface area (Å²) in [5.41, 5.74) is 2.48. The summed E-state index contributed by atoms with van der Waals surface area (Å²) < 4.78 is 5.28. The zero-order valence-corrected chi connectivity index (χ0v) is 11.1. The molecule has 0 fully saturated rings. The average Bonchev–Trinajstić information content (AvgIpc) is 2.34. The molecule has 1 atom stereocenters. The summed E-state index contributed by atoms with van der Waals surface area (Å²) in [6, 6.07) is 6.71. The van der Waals surface area contributed by atoms with Crippen LogP contribution in [0.1, 0.15) is 36.9 Å². The van der Waals surface area contributed by atoms with Gasteiger partial charge in [0.2, 0.25) is 0 Å². The molecule has 0 saturated heterocycles. The Labute approximate surface area is 105 Å². The van der Waals surface area contributed by atoms with Gasteiger partial charge >= 0.3 is 0 Å². The van der Waals surface area contributed by atoms with E-state index in [1.54, 1.807) is 7.11 Å². The highest BCUT2D eigenvalue weighted by atomic mass is 16.5. The topological polar surface area (TPSA) is 21.3 Å². The summed E-state index contributed by atoms with van der Waals surface area (Å²) in [4.78, 5) is 0. The van der Waals surface area contributed by atoms with Gasteiger partial charge in [-0.15, -0.1) is 6.58 Å². The lowest BCUT2D eigenvalue weighted by Crippen LogP contribution is -2.21. The lowest BCUT2D eigenvalue weighted by atomic mass is 10.0. The molecule has 0 aliphatic heterocycles. The zero-order chi connectivity index (χ0) is 12.7. The first-order valence-electron chi connectivity index (χ1n) is 6.21. The quantitative estimate of drug-likeness (QED) is 0.726. The number of nitrogens with one attached hydrogen (secondary N) is 1. The summed E-state index contributed by atoms with van der Waals surface area (Å²) >= 11 is 0. The standard InChI is InChI=1S/C15H23NO/c1-5-7-14(16-10-6-2)13-8-9-15(17-4)12(3)11-13/h5,8-9,11,14,16H,1,6-7,10H2,2-4H3. The fourth-order valence-electron chi connectivity index (χ4n) is 1.94. The van der Waals surface area contributed by atoms with Gasteiger partial charge in [0.25, 0.3) is 0 Å². The Morgan fingerprint density at radius 3 is 2.76 bits per heavy atom. The maximum Gasteiger partial charge on any atom is 0.121 e. The van der Waals surface area contributed by atoms with Gasteiger partial charge in [0.1, 0.15) is 5.75 Å². The van der Waals surface area contributed by atoms with E-state index >= 15 is 0 Å². The third-order valence-corrected chi connectivity index (χ3v) is 2.86. The summed E-state index contributed by atoms with van der Waals surface area (Å²) in [5, 5.41) is 3.54. The van der Waals surface area contributed by atoms with Gasteiger partial charge in [-0.2, -0.15) is 0 Å². The summed E-state index contributed by atoms with van der Waals surface area (Å²) in [6.45, 7) is 9.11. The van der Waals surface area contributed by atoms with Crippen LogP contribution in [0.5, 0.6) is 5.75 Å². The molecular formula is C15H23NO. The highest BCUT2D eigenvalue weighted by Crippen LogP contribution is 2.24. The number of methoxy groups -OCH3 is 1. The minimum Gasteiger partial charge on any atom is -0.496 e. The van der Waals surface area contributed by atoms with E-state index in [0.717, 1.165) is 25.1 Å². The summed E-state index contributed by atoms with van der Waals surface area (Å²) in [5.74, 6) is 0.946. The molecule has 2 heteroatoms. The van der Waals surface area contributed by atoms with E-state index in [9.17, 15) is 0 Å². The lowest BCUT2D eigenvalue weighted by molar-refractivity contribution is 0.411. The van der Waals surface area contributed by atoms with Gasteiger partial charge in [0, 0.05) is 6.04 Å². The van der Waals surface area contributed by atoms with Crippen molar-refractivity contribution in [3.63, 3.8) is 0 Å². The predicted molar refractivity (Wildman–Crippen MR) is 73.6 cm³/mol. The molecule has 0 aliphatic rings. The molecule has 0 saturated carbocycles. The van der Waals surface area contributed by atoms with Gasteiger partial charge in [-0.1, -0.05) is 25.1 Å². The number of hydrogen-bond acceptors (Lipinski definition) is 2. The van der Waals surface area contributed by atoms with Crippen LogP contribution in [0.2, 0.25) is 0 Å². The van der Waals surface area contributed by atoms with Crippen molar-refractivity contribution in [3.05, 3.63) is 42.0 Å². The molecule has 2 nitrogen and oxygen atoms in total. The second-order valence-electron chi connectivity index (χ2n) is 4.26. The zero-order valence-electron chi connectivity index (χ0n) is 11.1. The highest BCUT2D eigenvalue weighted by molar-refractivity contribution is 5.37. The van der Waals surface area contributed by atoms with Gasteiger partial charge in [0.05, 0.1) is 7.11 Å². The van der Waals surface area contributed by atoms with Crippen LogP contribution in [0.15, 0.2) is 30.9 Å². The van der Waals surface area contributed by atoms with Gasteiger partial charge in [-0.25, -0.2) is 0 Å². The Balaban J connectivity index is 2.85. The van der Waals surface area contributed by atoms with Crippen molar-refractivity contribution in [1.29, 1.82) is 0 Å². The van der Waals surface area contributed by atoms with Gasteiger partial charge in [-0.05, 0) is 43.5 Å². The monoisotopic (exact) mass is 233 g/mol. The minimum absolute atomic E-state index is 0.358. The van der Waals surface area contributed by atoms with Crippen LogP contribution < -0.4 is 10.1 Å². The third-order valence-electron chi connectivity index (χ3n) is 2.86. The predicted octanol–water partition coefficient (Wildman–Crippen LogP) is 3.62. The molecular weight excluding hydrogens is 210 g/mol. The fourth-order valence-corrected chi connectivity index (χ4v) is 1.94. The van der Waals surface area contributed by atoms with E-state index in [2.05, 4.69) is 37.9 Å². The molecule has 0 bridgehead atoms. The molecule has 0 radical (unpaired) electrons. The Kier molecular flexibility index (Phi) is 5.78. The largest absolute Gasteiger partial charge is 0.496 e. The second kappa shape index (κ2) is 7.13. The molecule has 0 spiro atoms. The molecule has 0 aliphatic carbocycles. The number of benzene rings is 1. The molecule has 1 rings (SSSR count). The van der Waals surface area contributed by atoms with Crippen molar-refractivity contribution in [2.45, 2.75) is 32.7 Å². The Morgan fingerprint density at radius 2 is 2.24 bits per heavy atom. The molecule has 1 N–H and O–H groups in total. The lowest BCUT2D eigenvalue weighted by Gasteiger charge is -2.18. The first kappa shape index (κ1) is 13.8. The number of hydrogen-bond donors (Lipinski definition) is 1. The van der Waals surface area contributed by atoms with E-state index in [1.807, 2.05) is 12.1 Å². The molecule has 0 heterocycles. The first-order valence-corrected chi connectivity index (χ1v) is 6.21. The highest BCUT2D eigenvalue weighted by Gasteiger charge is 2.10. The van der Waals surface area contributed by atoms with E-state index in [1.165, 1.54) is 11.1 Å². The van der Waals surface area contributed by atoms with Crippen LogP contribution in [-0.4, -0.2) is 13.7 Å². The van der Waals surface area contributed by atoms with Crippen LogP contribution in [0.4, 0.5) is 0 Å². The Hall–Kier alpha value is -1.28. The van der Waals surface area contributed by atoms with Crippen molar-refractivity contribution < 1.29 is 4.74 Å². The van der Waals surface area contributed by atoms with Gasteiger partial charge < -0.3 is 10.1 Å². The normalized spacial score (nSPS) is 12.2. The number of rotatable bonds is 7. The van der Waals surface area contributed by atoms with Crippen LogP contribution >= 0.6 is 0 Å². The maximum atomic E-state index is 5.28. The van der Waals surface area contributed by atoms with E-state index in [0.29, 0.717) is 6.04 Å². The van der Waals surface area contributed by atoms with Crippen LogP contribution in [0, 0.1) is 6.92 Å². The van der Waals surface area contributed by atoms with Gasteiger partial charge in [-0.3, -0.25) is 0 Å². The van der Waals surface area contributed by atoms with Crippen LogP contribution in [-0.2, 0) is 0 Å². The summed E-state index contributed by atoms with van der Waals surface area (Å²) in [7, 11) is 1.71. The molecule has 0 amide bonds. The first-order chi connectivity index (χ1) is 8.22. The smallest absolute Gasteiger partial charge is 0.121 e. The Bertz CT molecular complexity index is 360. The van der Waals surface area contributed by atoms with Crippen molar-refractivity contribution in [1.82, 2.24) is 5.32 Å². The van der Waals surface area contributed by atoms with Crippen LogP contribution in [0.3, 0.4) is 0 Å². The van der Waals surface area contributed by atoms with Crippen molar-refractivity contribution in [2.75, 3.05) is 13.7 Å². The van der Waals surface area contributed by atoms with E-state index in [-0.39, 0.29) is 0 Å². The van der Waals surface area contributed by atoms with Crippen molar-refractivity contribution >= 4 is 0 Å². The molecule has 1 unspecified atom stereocenters. The molecule has 1 aromatic rings. The second-order valence-corrected chi connectivity index (χ2v) is 4.26. The van der Waals surface area contributed by atoms with Gasteiger partial charge in [0.15, 0.2) is 0 Å². The fraction of sp³-hybridized carbons (Fsp3) is 0.467. The van der Waals surface area contributed by atoms with E-state index < -0.39 is 0 Å².